The second-order valence-corrected chi connectivity index (χ2v) is 4.01. The maximum atomic E-state index is 11.4. The highest BCUT2D eigenvalue weighted by Gasteiger charge is 2.29. The molecule has 0 aliphatic heterocycles. The Morgan fingerprint density at radius 1 is 1.10 bits per heavy atom. The molecule has 0 saturated carbocycles. The van der Waals surface area contributed by atoms with Crippen LogP contribution in [0.5, 0.6) is 0 Å². The third kappa shape index (κ3) is 2.66. The molecule has 0 aliphatic carbocycles. The van der Waals surface area contributed by atoms with Crippen molar-refractivity contribution < 1.29 is 19.2 Å². The smallest absolute Gasteiger partial charge is 0.347 e. The molecule has 0 aliphatic rings. The molecule has 0 radical (unpaired) electrons. The van der Waals surface area contributed by atoms with Crippen LogP contribution in [0.3, 0.4) is 0 Å². The maximum absolute atomic E-state index is 11.4. The van der Waals surface area contributed by atoms with Gasteiger partial charge in [0, 0.05) is 24.3 Å². The summed E-state index contributed by atoms with van der Waals surface area (Å²) in [6.07, 6.45) is 1.41. The molecule has 2 N–H and O–H groups in total. The van der Waals surface area contributed by atoms with E-state index in [-0.39, 0.29) is 11.4 Å². The second-order valence-electron chi connectivity index (χ2n) is 4.01. The van der Waals surface area contributed by atoms with Gasteiger partial charge in [-0.15, -0.1) is 4.57 Å². The number of nitrogens with two attached hydrogens (primary N) is 1. The summed E-state index contributed by atoms with van der Waals surface area (Å²) in [5, 5.41) is 21.8. The highest BCUT2D eigenvalue weighted by atomic mass is 16.6. The zero-order valence-electron chi connectivity index (χ0n) is 10.5. The molecule has 2 aromatic rings. The Labute approximate surface area is 117 Å². The molecular weight excluding hydrogens is 280 g/mol. The summed E-state index contributed by atoms with van der Waals surface area (Å²) in [6, 6.07) is 7.65. The summed E-state index contributed by atoms with van der Waals surface area (Å²) in [7, 11) is 0. The number of nitro groups is 2. The zero-order chi connectivity index (χ0) is 15.6. The zero-order valence-corrected chi connectivity index (χ0v) is 10.5. The predicted molar refractivity (Wildman–Crippen MR) is 69.8 cm³/mol. The Morgan fingerprint density at radius 3 is 2.38 bits per heavy atom. The number of carbonyl (C=O) groups is 1. The van der Waals surface area contributed by atoms with Gasteiger partial charge in [-0.3, -0.25) is 25.0 Å². The van der Waals surface area contributed by atoms with Crippen molar-refractivity contribution >= 4 is 17.3 Å². The third-order valence-electron chi connectivity index (χ3n) is 2.74. The van der Waals surface area contributed by atoms with Gasteiger partial charge in [-0.1, -0.05) is 0 Å². The Morgan fingerprint density at radius 2 is 1.81 bits per heavy atom. The van der Waals surface area contributed by atoms with Crippen LogP contribution in [0, 0.1) is 20.2 Å². The molecule has 106 valence electrons. The van der Waals surface area contributed by atoms with Crippen LogP contribution in [-0.4, -0.2) is 15.8 Å². The number of carbonyl (C=O) groups excluding carboxylic acids is 1. The molecule has 0 unspecified atom stereocenters. The van der Waals surface area contributed by atoms with Gasteiger partial charge in [0.05, 0.1) is 9.85 Å². The van der Waals surface area contributed by atoms with Crippen LogP contribution < -0.4 is 10.3 Å². The van der Waals surface area contributed by atoms with Gasteiger partial charge in [0.2, 0.25) is 0 Å². The number of non-ortho nitro benzene ring substituents is 1. The Kier molecular flexibility index (Phi) is 3.57. The molecule has 1 aromatic heterocycles. The SMILES string of the molecule is NC(=O)c1cccc[n+]1-c1ccc([N+](=O)[O-])cc1[N+](=O)[O-]. The quantitative estimate of drug-likeness (QED) is 0.506. The van der Waals surface area contributed by atoms with Crippen molar-refractivity contribution in [3.8, 4) is 5.69 Å². The minimum Gasteiger partial charge on any atom is -0.360 e. The van der Waals surface area contributed by atoms with Crippen molar-refractivity contribution in [1.29, 1.82) is 0 Å². The molecule has 0 spiro atoms. The number of hydrogen-bond donors (Lipinski definition) is 1. The van der Waals surface area contributed by atoms with E-state index in [1.165, 1.54) is 22.9 Å². The lowest BCUT2D eigenvalue weighted by Gasteiger charge is -2.01. The van der Waals surface area contributed by atoms with Gasteiger partial charge in [0.1, 0.15) is 6.07 Å². The predicted octanol–water partition coefficient (Wildman–Crippen LogP) is 0.879. The van der Waals surface area contributed by atoms with Gasteiger partial charge >= 0.3 is 11.6 Å². The highest BCUT2D eigenvalue weighted by Crippen LogP contribution is 2.24. The van der Waals surface area contributed by atoms with Gasteiger partial charge in [0.25, 0.3) is 17.1 Å². The van der Waals surface area contributed by atoms with Gasteiger partial charge < -0.3 is 5.73 Å². The molecule has 0 bridgehead atoms. The number of benzene rings is 1. The minimum atomic E-state index is -0.775. The van der Waals surface area contributed by atoms with E-state index in [0.717, 1.165) is 12.1 Å². The van der Waals surface area contributed by atoms with E-state index >= 15 is 0 Å². The van der Waals surface area contributed by atoms with Crippen molar-refractivity contribution in [2.45, 2.75) is 0 Å². The summed E-state index contributed by atoms with van der Waals surface area (Å²) in [4.78, 5) is 31.7. The van der Waals surface area contributed by atoms with Crippen LogP contribution in [-0.2, 0) is 0 Å². The van der Waals surface area contributed by atoms with E-state index in [4.69, 9.17) is 5.73 Å². The average Bonchev–Trinajstić information content (AvgIpc) is 2.46. The first-order valence-corrected chi connectivity index (χ1v) is 5.65. The van der Waals surface area contributed by atoms with Gasteiger partial charge in [-0.05, 0) is 6.07 Å². The first kappa shape index (κ1) is 14.1. The maximum Gasteiger partial charge on any atom is 0.347 e. The number of nitro benzene ring substituents is 2. The van der Waals surface area contributed by atoms with Crippen molar-refractivity contribution in [1.82, 2.24) is 0 Å². The number of pyridine rings is 1. The number of aromatic nitrogens is 1. The number of primary amides is 1. The molecule has 21 heavy (non-hydrogen) atoms. The molecule has 1 heterocycles. The van der Waals surface area contributed by atoms with Crippen LogP contribution in [0.25, 0.3) is 5.69 Å². The van der Waals surface area contributed by atoms with E-state index in [2.05, 4.69) is 0 Å². The van der Waals surface area contributed by atoms with Gasteiger partial charge in [-0.25, -0.2) is 0 Å². The van der Waals surface area contributed by atoms with Crippen LogP contribution in [0.2, 0.25) is 0 Å². The van der Waals surface area contributed by atoms with Crippen LogP contribution >= 0.6 is 0 Å². The fraction of sp³-hybridized carbons (Fsp3) is 0. The molecule has 0 atom stereocenters. The van der Waals surface area contributed by atoms with Crippen molar-refractivity contribution in [2.24, 2.45) is 5.73 Å². The lowest BCUT2D eigenvalue weighted by Crippen LogP contribution is -2.40. The summed E-state index contributed by atoms with van der Waals surface area (Å²) >= 11 is 0. The molecule has 2 rings (SSSR count). The monoisotopic (exact) mass is 289 g/mol. The highest BCUT2D eigenvalue weighted by molar-refractivity contribution is 5.89. The van der Waals surface area contributed by atoms with Crippen LogP contribution in [0.1, 0.15) is 10.5 Å². The fourth-order valence-electron chi connectivity index (χ4n) is 1.83. The first-order chi connectivity index (χ1) is 9.91. The summed E-state index contributed by atoms with van der Waals surface area (Å²) < 4.78 is 1.21. The summed E-state index contributed by atoms with van der Waals surface area (Å²) in [5.74, 6) is -0.775. The van der Waals surface area contributed by atoms with E-state index in [1.54, 1.807) is 12.1 Å². The molecule has 1 aromatic carbocycles. The Balaban J connectivity index is 2.72. The topological polar surface area (TPSA) is 133 Å². The van der Waals surface area contributed by atoms with E-state index in [0.29, 0.717) is 0 Å². The fourth-order valence-corrected chi connectivity index (χ4v) is 1.83. The molecule has 0 saturated heterocycles. The molecule has 0 fully saturated rings. The van der Waals surface area contributed by atoms with Crippen molar-refractivity contribution in [3.63, 3.8) is 0 Å². The van der Waals surface area contributed by atoms with Crippen molar-refractivity contribution in [2.75, 3.05) is 0 Å². The minimum absolute atomic E-state index is 0.0139. The number of hydrogen-bond acceptors (Lipinski definition) is 5. The number of rotatable bonds is 4. The van der Waals surface area contributed by atoms with Crippen LogP contribution in [0.4, 0.5) is 11.4 Å². The first-order valence-electron chi connectivity index (χ1n) is 5.65. The van der Waals surface area contributed by atoms with E-state index in [1.807, 2.05) is 0 Å². The Bertz CT molecular complexity index is 759. The summed E-state index contributed by atoms with van der Waals surface area (Å²) in [5.41, 5.74) is 4.34. The molecular formula is C12H9N4O5+. The third-order valence-corrected chi connectivity index (χ3v) is 2.74. The second kappa shape index (κ2) is 5.33. The van der Waals surface area contributed by atoms with Gasteiger partial charge in [-0.2, -0.15) is 0 Å². The molecule has 9 nitrogen and oxygen atoms in total. The van der Waals surface area contributed by atoms with E-state index in [9.17, 15) is 25.0 Å². The largest absolute Gasteiger partial charge is 0.360 e. The van der Waals surface area contributed by atoms with E-state index < -0.39 is 27.1 Å². The number of amides is 1. The van der Waals surface area contributed by atoms with Crippen molar-refractivity contribution in [3.05, 3.63) is 68.5 Å². The molecule has 9 heteroatoms. The van der Waals surface area contributed by atoms with Crippen LogP contribution in [0.15, 0.2) is 42.6 Å². The molecule has 1 amide bonds. The number of nitrogens with zero attached hydrogens (tertiary/aromatic N) is 3. The standard InChI is InChI=1S/C12H8N4O5/c13-12(17)10-3-1-2-6-14(10)9-5-4-8(15(18)19)7-11(9)16(20)21/h1-7H,(H-,13,17)/p+1. The lowest BCUT2D eigenvalue weighted by molar-refractivity contribution is -0.603. The normalized spacial score (nSPS) is 10.1. The van der Waals surface area contributed by atoms with Gasteiger partial charge in [0.15, 0.2) is 6.20 Å². The summed E-state index contributed by atoms with van der Waals surface area (Å²) in [6.45, 7) is 0. The lowest BCUT2D eigenvalue weighted by atomic mass is 10.2. The Hall–Kier alpha value is -3.36. The average molecular weight is 289 g/mol.